The zero-order chi connectivity index (χ0) is 20.6. The van der Waals surface area contributed by atoms with Crippen molar-refractivity contribution in [2.24, 2.45) is 0 Å². The summed E-state index contributed by atoms with van der Waals surface area (Å²) in [6.45, 7) is 0.0950. The van der Waals surface area contributed by atoms with Gasteiger partial charge in [0, 0.05) is 17.3 Å². The van der Waals surface area contributed by atoms with Crippen molar-refractivity contribution in [3.8, 4) is 0 Å². The van der Waals surface area contributed by atoms with Crippen LogP contribution >= 0.6 is 23.4 Å². The first-order valence-electron chi connectivity index (χ1n) is 8.58. The molecule has 9 heteroatoms. The number of hydrogen-bond acceptors (Lipinski definition) is 4. The van der Waals surface area contributed by atoms with Gasteiger partial charge in [-0.15, -0.1) is 0 Å². The molecule has 5 nitrogen and oxygen atoms in total. The van der Waals surface area contributed by atoms with Crippen LogP contribution in [0.3, 0.4) is 0 Å². The Balaban J connectivity index is 1.76. The lowest BCUT2D eigenvalue weighted by atomic mass is 10.2. The van der Waals surface area contributed by atoms with Crippen LogP contribution in [0.4, 0.5) is 10.1 Å². The molecule has 0 aromatic heterocycles. The smallest absolute Gasteiger partial charge is 0.240 e. The van der Waals surface area contributed by atoms with Crippen molar-refractivity contribution in [1.82, 2.24) is 5.32 Å². The maximum absolute atomic E-state index is 13.5. The van der Waals surface area contributed by atoms with E-state index in [0.717, 1.165) is 16.3 Å². The molecule has 0 fully saturated rings. The first-order valence-corrected chi connectivity index (χ1v) is 12.0. The summed E-state index contributed by atoms with van der Waals surface area (Å²) < 4.78 is 38.6. The van der Waals surface area contributed by atoms with Crippen LogP contribution in [-0.4, -0.2) is 39.4 Å². The van der Waals surface area contributed by atoms with Gasteiger partial charge < -0.3 is 5.32 Å². The maximum Gasteiger partial charge on any atom is 0.240 e. The number of halogens is 2. The highest BCUT2D eigenvalue weighted by molar-refractivity contribution is 7.98. The highest BCUT2D eigenvalue weighted by atomic mass is 35.5. The molecular formula is C19H22ClFN2O3S2. The van der Waals surface area contributed by atoms with E-state index in [9.17, 15) is 17.6 Å². The van der Waals surface area contributed by atoms with Gasteiger partial charge in [0.25, 0.3) is 0 Å². The fourth-order valence-corrected chi connectivity index (χ4v) is 4.40. The summed E-state index contributed by atoms with van der Waals surface area (Å²) in [5.41, 5.74) is 0.993. The van der Waals surface area contributed by atoms with E-state index < -0.39 is 15.9 Å². The zero-order valence-electron chi connectivity index (χ0n) is 15.4. The Labute approximate surface area is 174 Å². The van der Waals surface area contributed by atoms with Gasteiger partial charge in [-0.05, 0) is 42.0 Å². The average molecular weight is 445 g/mol. The van der Waals surface area contributed by atoms with E-state index in [0.29, 0.717) is 35.0 Å². The van der Waals surface area contributed by atoms with Gasteiger partial charge in [-0.3, -0.25) is 9.10 Å². The van der Waals surface area contributed by atoms with E-state index >= 15 is 0 Å². The van der Waals surface area contributed by atoms with Crippen LogP contribution < -0.4 is 9.62 Å². The van der Waals surface area contributed by atoms with Crippen LogP contribution in [-0.2, 0) is 20.6 Å². The van der Waals surface area contributed by atoms with Crippen LogP contribution in [0.2, 0.25) is 5.02 Å². The Hall–Kier alpha value is -1.77. The van der Waals surface area contributed by atoms with Gasteiger partial charge in [-0.2, -0.15) is 11.8 Å². The second-order valence-electron chi connectivity index (χ2n) is 6.10. The molecule has 0 bridgehead atoms. The predicted molar refractivity (Wildman–Crippen MR) is 114 cm³/mol. The molecule has 1 N–H and O–H groups in total. The Morgan fingerprint density at radius 1 is 1.21 bits per heavy atom. The molecule has 0 aliphatic rings. The average Bonchev–Trinajstić information content (AvgIpc) is 2.63. The second-order valence-corrected chi connectivity index (χ2v) is 9.55. The number of thioether (sulfide) groups is 1. The first-order chi connectivity index (χ1) is 13.3. The van der Waals surface area contributed by atoms with Crippen LogP contribution in [0.15, 0.2) is 48.5 Å². The number of nitrogens with one attached hydrogen (secondary N) is 1. The molecular weight excluding hydrogens is 423 g/mol. The summed E-state index contributed by atoms with van der Waals surface area (Å²) in [6, 6.07) is 13.0. The number of amides is 1. The van der Waals surface area contributed by atoms with Gasteiger partial charge in [0.05, 0.1) is 11.9 Å². The molecule has 2 aromatic carbocycles. The molecule has 2 rings (SSSR count). The molecule has 0 aliphatic heterocycles. The molecule has 1 amide bonds. The Kier molecular flexibility index (Phi) is 8.59. The van der Waals surface area contributed by atoms with Crippen molar-refractivity contribution in [3.63, 3.8) is 0 Å². The zero-order valence-corrected chi connectivity index (χ0v) is 17.8. The maximum atomic E-state index is 13.5. The third-order valence-electron chi connectivity index (χ3n) is 3.79. The minimum Gasteiger partial charge on any atom is -0.354 e. The lowest BCUT2D eigenvalue weighted by molar-refractivity contribution is -0.119. The van der Waals surface area contributed by atoms with Crippen LogP contribution in [0, 0.1) is 5.82 Å². The number of anilines is 1. The lowest BCUT2D eigenvalue weighted by Crippen LogP contribution is -2.40. The highest BCUT2D eigenvalue weighted by Gasteiger charge is 2.20. The van der Waals surface area contributed by atoms with E-state index in [1.807, 2.05) is 0 Å². The van der Waals surface area contributed by atoms with Crippen LogP contribution in [0.5, 0.6) is 0 Å². The van der Waals surface area contributed by atoms with Crippen molar-refractivity contribution in [1.29, 1.82) is 0 Å². The van der Waals surface area contributed by atoms with Gasteiger partial charge in [0.2, 0.25) is 15.9 Å². The van der Waals surface area contributed by atoms with E-state index in [2.05, 4.69) is 5.32 Å². The number of carbonyl (C=O) groups is 1. The molecule has 0 heterocycles. The monoisotopic (exact) mass is 444 g/mol. The van der Waals surface area contributed by atoms with E-state index in [4.69, 9.17) is 11.6 Å². The Morgan fingerprint density at radius 3 is 2.64 bits per heavy atom. The van der Waals surface area contributed by atoms with Gasteiger partial charge in [-0.25, -0.2) is 12.8 Å². The third kappa shape index (κ3) is 7.33. The van der Waals surface area contributed by atoms with Gasteiger partial charge in [-0.1, -0.05) is 35.9 Å². The summed E-state index contributed by atoms with van der Waals surface area (Å²) in [7, 11) is -3.63. The summed E-state index contributed by atoms with van der Waals surface area (Å²) in [5.74, 6) is 0.699. The van der Waals surface area contributed by atoms with Crippen LogP contribution in [0.1, 0.15) is 12.0 Å². The molecule has 2 aromatic rings. The molecule has 28 heavy (non-hydrogen) atoms. The van der Waals surface area contributed by atoms with Crippen molar-refractivity contribution in [2.45, 2.75) is 12.2 Å². The molecule has 0 atom stereocenters. The van der Waals surface area contributed by atoms with E-state index in [1.54, 1.807) is 48.2 Å². The Morgan fingerprint density at radius 2 is 1.96 bits per heavy atom. The van der Waals surface area contributed by atoms with Crippen molar-refractivity contribution < 1.29 is 17.6 Å². The fraction of sp³-hybridized carbons (Fsp3) is 0.316. The molecule has 0 saturated carbocycles. The number of nitrogens with zero attached hydrogens (tertiary/aromatic N) is 1. The summed E-state index contributed by atoms with van der Waals surface area (Å²) >= 11 is 7.49. The predicted octanol–water partition coefficient (Wildman–Crippen LogP) is 3.68. The largest absolute Gasteiger partial charge is 0.354 e. The third-order valence-corrected chi connectivity index (χ3v) is 6.25. The van der Waals surface area contributed by atoms with Crippen molar-refractivity contribution >= 4 is 45.0 Å². The van der Waals surface area contributed by atoms with Crippen molar-refractivity contribution in [2.75, 3.05) is 29.4 Å². The Bertz CT molecular complexity index is 910. The molecule has 0 saturated heterocycles. The SMILES string of the molecule is CS(=O)(=O)N(CC(=O)NCCCSCc1ccccc1F)c1cccc(Cl)c1. The van der Waals surface area contributed by atoms with Crippen LogP contribution in [0.25, 0.3) is 0 Å². The minimum atomic E-state index is -3.63. The normalized spacial score (nSPS) is 11.2. The summed E-state index contributed by atoms with van der Waals surface area (Å²) in [4.78, 5) is 12.2. The fourth-order valence-electron chi connectivity index (χ4n) is 2.42. The number of rotatable bonds is 10. The van der Waals surface area contributed by atoms with Gasteiger partial charge >= 0.3 is 0 Å². The lowest BCUT2D eigenvalue weighted by Gasteiger charge is -2.22. The van der Waals surface area contributed by atoms with E-state index in [-0.39, 0.29) is 12.4 Å². The van der Waals surface area contributed by atoms with E-state index in [1.165, 1.54) is 12.1 Å². The van der Waals surface area contributed by atoms with Gasteiger partial charge in [0.15, 0.2) is 0 Å². The number of sulfonamides is 1. The molecule has 152 valence electrons. The number of hydrogen-bond donors (Lipinski definition) is 1. The quantitative estimate of drug-likeness (QED) is 0.567. The molecule has 0 aliphatic carbocycles. The number of benzene rings is 2. The molecule has 0 spiro atoms. The van der Waals surface area contributed by atoms with Gasteiger partial charge in [0.1, 0.15) is 12.4 Å². The topological polar surface area (TPSA) is 66.5 Å². The van der Waals surface area contributed by atoms with Crippen molar-refractivity contribution in [3.05, 3.63) is 64.9 Å². The standard InChI is InChI=1S/C19H22ClFN2O3S2/c1-28(25,26)23(17-8-4-7-16(20)12-17)13-19(24)22-10-5-11-27-14-15-6-2-3-9-18(15)21/h2-4,6-9,12H,5,10-11,13-14H2,1H3,(H,22,24). The summed E-state index contributed by atoms with van der Waals surface area (Å²) in [6.07, 6.45) is 1.74. The minimum absolute atomic E-state index is 0.217. The first kappa shape index (κ1) is 22.5. The highest BCUT2D eigenvalue weighted by Crippen LogP contribution is 2.21. The summed E-state index contributed by atoms with van der Waals surface area (Å²) in [5, 5.41) is 3.10. The number of carbonyl (C=O) groups excluding carboxylic acids is 1. The molecule has 0 radical (unpaired) electrons. The molecule has 0 unspecified atom stereocenters. The second kappa shape index (κ2) is 10.7.